The number of nitrogens with one attached hydrogen (secondary N) is 1. The van der Waals surface area contributed by atoms with Gasteiger partial charge in [-0.05, 0) is 105 Å². The molecular weight excluding hydrogens is 479 g/mol. The number of hydrogen-bond acceptors (Lipinski definition) is 3. The van der Waals surface area contributed by atoms with Crippen LogP contribution in [0.5, 0.6) is 0 Å². The third-order valence-electron chi connectivity index (χ3n) is 7.56. The molecule has 6 rings (SSSR count). The fraction of sp³-hybridized carbons (Fsp3) is 0.333. The van der Waals surface area contributed by atoms with Crippen molar-refractivity contribution < 1.29 is 17.9 Å². The molecule has 1 aliphatic heterocycles. The van der Waals surface area contributed by atoms with Crippen molar-refractivity contribution in [1.82, 2.24) is 0 Å². The molecule has 0 amide bonds. The first-order valence-corrected chi connectivity index (χ1v) is 15.4. The number of sulfonamides is 1. The van der Waals surface area contributed by atoms with Gasteiger partial charge in [-0.15, -0.1) is 0 Å². The molecule has 1 unspecified atom stereocenters. The average molecular weight is 509 g/mol. The lowest BCUT2D eigenvalue weighted by atomic mass is 9.79. The lowest BCUT2D eigenvalue weighted by Crippen LogP contribution is -2.30. The Morgan fingerprint density at radius 1 is 0.800 bits per heavy atom. The molecule has 0 saturated carbocycles. The summed E-state index contributed by atoms with van der Waals surface area (Å²) in [5, 5.41) is 2.80. The molecule has 1 heterocycles. The molecule has 0 aromatic heterocycles. The van der Waals surface area contributed by atoms with Gasteiger partial charge < -0.3 is 4.89 Å². The van der Waals surface area contributed by atoms with Crippen LogP contribution in [0, 0.1) is 6.92 Å². The number of anilines is 2. The molecule has 182 valence electrons. The minimum atomic E-state index is -4.58. The molecule has 0 bridgehead atoms. The van der Waals surface area contributed by atoms with Crippen LogP contribution in [-0.2, 0) is 40.3 Å². The first kappa shape index (κ1) is 22.8. The van der Waals surface area contributed by atoms with E-state index in [1.807, 2.05) is 25.1 Å². The van der Waals surface area contributed by atoms with Crippen molar-refractivity contribution >= 4 is 29.1 Å². The molecule has 35 heavy (non-hydrogen) atoms. The minimum Gasteiger partial charge on any atom is -0.312 e. The van der Waals surface area contributed by atoms with E-state index in [2.05, 4.69) is 5.09 Å². The van der Waals surface area contributed by atoms with Crippen molar-refractivity contribution in [3.8, 4) is 11.1 Å². The van der Waals surface area contributed by atoms with Crippen molar-refractivity contribution in [3.05, 3.63) is 76.3 Å². The van der Waals surface area contributed by atoms with Crippen molar-refractivity contribution in [3.63, 3.8) is 0 Å². The van der Waals surface area contributed by atoms with Crippen molar-refractivity contribution in [2.24, 2.45) is 0 Å². The SMILES string of the molecule is Cc1ccc(S(=O)(=O)N2c3ccc4c(c3-c3c(ccc5c3CCCC5)NP2(=O)O)CCCC4)cc1. The molecule has 0 saturated heterocycles. The largest absolute Gasteiger partial charge is 0.405 e. The number of aryl methyl sites for hydroxylation is 3. The normalized spacial score (nSPS) is 21.1. The third-order valence-corrected chi connectivity index (χ3v) is 11.6. The van der Waals surface area contributed by atoms with Gasteiger partial charge in [-0.3, -0.25) is 5.09 Å². The quantitative estimate of drug-likeness (QED) is 0.406. The second-order valence-electron chi connectivity index (χ2n) is 9.85. The molecule has 0 radical (unpaired) electrons. The maximum atomic E-state index is 14.0. The van der Waals surface area contributed by atoms with E-state index in [0.717, 1.165) is 77.7 Å². The second kappa shape index (κ2) is 8.22. The van der Waals surface area contributed by atoms with E-state index in [1.54, 1.807) is 18.2 Å². The highest BCUT2D eigenvalue weighted by Gasteiger charge is 2.45. The zero-order chi connectivity index (χ0) is 24.4. The van der Waals surface area contributed by atoms with E-state index >= 15 is 0 Å². The minimum absolute atomic E-state index is 0.00386. The maximum Gasteiger partial charge on any atom is 0.405 e. The number of rotatable bonds is 2. The predicted molar refractivity (Wildman–Crippen MR) is 139 cm³/mol. The van der Waals surface area contributed by atoms with E-state index in [9.17, 15) is 17.9 Å². The summed E-state index contributed by atoms with van der Waals surface area (Å²) in [4.78, 5) is 11.4. The van der Waals surface area contributed by atoms with Gasteiger partial charge in [0.25, 0.3) is 10.0 Å². The second-order valence-corrected chi connectivity index (χ2v) is 13.6. The number of hydrogen-bond donors (Lipinski definition) is 2. The fourth-order valence-corrected chi connectivity index (χ4v) is 9.61. The Kier molecular flexibility index (Phi) is 5.37. The molecule has 1 atom stereocenters. The monoisotopic (exact) mass is 508 g/mol. The Bertz CT molecular complexity index is 1500. The summed E-state index contributed by atoms with van der Waals surface area (Å²) in [6, 6.07) is 14.0. The molecule has 0 spiro atoms. The Hall–Kier alpha value is -2.60. The summed E-state index contributed by atoms with van der Waals surface area (Å²) < 4.78 is 42.7. The van der Waals surface area contributed by atoms with Gasteiger partial charge in [-0.25, -0.2) is 13.0 Å². The van der Waals surface area contributed by atoms with Gasteiger partial charge in [0.1, 0.15) is 0 Å². The Balaban J connectivity index is 1.69. The van der Waals surface area contributed by atoms with Crippen LogP contribution in [0.25, 0.3) is 11.1 Å². The number of nitrogens with zero attached hydrogens (tertiary/aromatic N) is 1. The van der Waals surface area contributed by atoms with Crippen molar-refractivity contribution in [1.29, 1.82) is 0 Å². The predicted octanol–water partition coefficient (Wildman–Crippen LogP) is 6.14. The van der Waals surface area contributed by atoms with Crippen LogP contribution in [-0.4, -0.2) is 13.3 Å². The van der Waals surface area contributed by atoms with Crippen LogP contribution in [0.3, 0.4) is 0 Å². The molecule has 8 heteroatoms. The molecule has 3 aromatic rings. The zero-order valence-corrected chi connectivity index (χ0v) is 21.5. The van der Waals surface area contributed by atoms with E-state index in [0.29, 0.717) is 11.4 Å². The molecule has 6 nitrogen and oxygen atoms in total. The summed E-state index contributed by atoms with van der Waals surface area (Å²) in [6.45, 7) is 1.88. The molecule has 2 aliphatic carbocycles. The van der Waals surface area contributed by atoms with Gasteiger partial charge in [-0.1, -0.05) is 29.8 Å². The molecule has 3 aliphatic rings. The summed E-state index contributed by atoms with van der Waals surface area (Å²) in [6.07, 6.45) is 7.88. The lowest BCUT2D eigenvalue weighted by molar-refractivity contribution is 0.485. The average Bonchev–Trinajstić information content (AvgIpc) is 2.95. The lowest BCUT2D eigenvalue weighted by Gasteiger charge is -2.30. The van der Waals surface area contributed by atoms with E-state index in [4.69, 9.17) is 0 Å². The Morgan fingerprint density at radius 2 is 1.37 bits per heavy atom. The van der Waals surface area contributed by atoms with Crippen molar-refractivity contribution in [2.75, 3.05) is 9.16 Å². The van der Waals surface area contributed by atoms with Gasteiger partial charge in [0.2, 0.25) is 0 Å². The highest BCUT2D eigenvalue weighted by atomic mass is 32.2. The first-order valence-electron chi connectivity index (χ1n) is 12.3. The molecule has 0 fully saturated rings. The third kappa shape index (κ3) is 3.64. The van der Waals surface area contributed by atoms with Gasteiger partial charge in [0.15, 0.2) is 0 Å². The Labute approximate surface area is 206 Å². The summed E-state index contributed by atoms with van der Waals surface area (Å²) in [5.41, 5.74) is 8.21. The van der Waals surface area contributed by atoms with Gasteiger partial charge >= 0.3 is 7.67 Å². The van der Waals surface area contributed by atoms with Crippen LogP contribution in [0.15, 0.2) is 53.4 Å². The van der Waals surface area contributed by atoms with Crippen LogP contribution in [0.4, 0.5) is 11.4 Å². The number of fused-ring (bicyclic) bond motifs is 7. The van der Waals surface area contributed by atoms with Crippen LogP contribution >= 0.6 is 7.67 Å². The van der Waals surface area contributed by atoms with E-state index in [1.165, 1.54) is 28.8 Å². The molecular formula is C27H29N2O4PS. The highest BCUT2D eigenvalue weighted by Crippen LogP contribution is 2.60. The van der Waals surface area contributed by atoms with Crippen LogP contribution < -0.4 is 9.16 Å². The van der Waals surface area contributed by atoms with E-state index in [-0.39, 0.29) is 4.90 Å². The molecule has 2 N–H and O–H groups in total. The van der Waals surface area contributed by atoms with Crippen molar-refractivity contribution in [2.45, 2.75) is 63.2 Å². The summed E-state index contributed by atoms with van der Waals surface area (Å²) in [5.74, 6) is 0. The number of benzene rings is 3. The Morgan fingerprint density at radius 3 is 2.03 bits per heavy atom. The van der Waals surface area contributed by atoms with Gasteiger partial charge in [0.05, 0.1) is 16.3 Å². The maximum absolute atomic E-state index is 14.0. The van der Waals surface area contributed by atoms with Crippen LogP contribution in [0.2, 0.25) is 0 Å². The summed E-state index contributed by atoms with van der Waals surface area (Å²) in [7, 11) is -8.91. The first-order chi connectivity index (χ1) is 16.8. The topological polar surface area (TPSA) is 86.7 Å². The summed E-state index contributed by atoms with van der Waals surface area (Å²) >= 11 is 0. The van der Waals surface area contributed by atoms with E-state index < -0.39 is 17.7 Å². The van der Waals surface area contributed by atoms with Gasteiger partial charge in [0, 0.05) is 11.1 Å². The standard InChI is InChI=1S/C27H29N2O4PS/c1-18-10-14-21(15-11-18)35(32,33)29-25-17-13-20-7-3-5-9-23(20)27(25)26-22-8-4-2-6-19(22)12-16-24(26)28-34(29,30)31/h10-17H,2-9H2,1H3,(H2,28,30,31). The van der Waals surface area contributed by atoms with Crippen LogP contribution in [0.1, 0.15) is 53.5 Å². The molecule has 3 aromatic carbocycles. The highest BCUT2D eigenvalue weighted by molar-refractivity contribution is 8.00. The smallest absolute Gasteiger partial charge is 0.312 e. The fourth-order valence-electron chi connectivity index (χ4n) is 5.89. The zero-order valence-electron chi connectivity index (χ0n) is 19.8. The van der Waals surface area contributed by atoms with Gasteiger partial charge in [-0.2, -0.15) is 4.08 Å².